The van der Waals surface area contributed by atoms with E-state index in [2.05, 4.69) is 5.32 Å². The molecule has 0 radical (unpaired) electrons. The molecule has 1 aliphatic rings. The van der Waals surface area contributed by atoms with Gasteiger partial charge in [-0.2, -0.15) is 0 Å². The number of hydrogen-bond acceptors (Lipinski definition) is 3. The lowest BCUT2D eigenvalue weighted by atomic mass is 9.85. The summed E-state index contributed by atoms with van der Waals surface area (Å²) in [6, 6.07) is 7.02. The van der Waals surface area contributed by atoms with Crippen LogP contribution in [-0.4, -0.2) is 30.3 Å². The molecule has 0 atom stereocenters. The highest BCUT2D eigenvalue weighted by Crippen LogP contribution is 2.28. The fraction of sp³-hybridized carbons (Fsp3) is 0.533. The Morgan fingerprint density at radius 3 is 2.79 bits per heavy atom. The molecule has 1 saturated carbocycles. The predicted octanol–water partition coefficient (Wildman–Crippen LogP) is 2.12. The van der Waals surface area contributed by atoms with Crippen LogP contribution < -0.4 is 10.1 Å². The van der Waals surface area contributed by atoms with Crippen molar-refractivity contribution in [2.75, 3.05) is 13.7 Å². The Balaban J connectivity index is 1.97. The van der Waals surface area contributed by atoms with Gasteiger partial charge in [0.2, 0.25) is 0 Å². The molecule has 4 nitrogen and oxygen atoms in total. The van der Waals surface area contributed by atoms with Crippen molar-refractivity contribution in [2.24, 2.45) is 0 Å². The Kier molecular flexibility index (Phi) is 4.43. The molecule has 0 unspecified atom stereocenters. The minimum atomic E-state index is -0.707. The average Bonchev–Trinajstić information content (AvgIpc) is 2.45. The fourth-order valence-corrected chi connectivity index (χ4v) is 2.44. The summed E-state index contributed by atoms with van der Waals surface area (Å²) < 4.78 is 5.65. The van der Waals surface area contributed by atoms with Crippen molar-refractivity contribution >= 4 is 5.91 Å². The molecule has 0 heterocycles. The van der Waals surface area contributed by atoms with Gasteiger partial charge in [0.15, 0.2) is 0 Å². The number of rotatable bonds is 4. The van der Waals surface area contributed by atoms with Crippen LogP contribution in [-0.2, 0) is 0 Å². The molecule has 0 saturated heterocycles. The maximum atomic E-state index is 11.5. The number of nitrogens with one attached hydrogen (secondary N) is 1. The van der Waals surface area contributed by atoms with E-state index in [9.17, 15) is 9.90 Å². The van der Waals surface area contributed by atoms with Crippen LogP contribution in [0.4, 0.5) is 0 Å². The molecule has 1 fully saturated rings. The van der Waals surface area contributed by atoms with E-state index in [1.165, 1.54) is 6.42 Å². The smallest absolute Gasteiger partial charge is 0.251 e. The van der Waals surface area contributed by atoms with Gasteiger partial charge in [-0.1, -0.05) is 25.3 Å². The molecule has 104 valence electrons. The third-order valence-corrected chi connectivity index (χ3v) is 3.62. The summed E-state index contributed by atoms with van der Waals surface area (Å²) in [5, 5.41) is 12.9. The molecule has 1 aromatic rings. The summed E-state index contributed by atoms with van der Waals surface area (Å²) in [6.45, 7) is 0.296. The minimum Gasteiger partial charge on any atom is -0.491 e. The van der Waals surface area contributed by atoms with Crippen LogP contribution in [0, 0.1) is 0 Å². The van der Waals surface area contributed by atoms with E-state index < -0.39 is 5.60 Å². The van der Waals surface area contributed by atoms with Gasteiger partial charge in [0, 0.05) is 12.6 Å². The van der Waals surface area contributed by atoms with Gasteiger partial charge in [-0.05, 0) is 31.0 Å². The summed E-state index contributed by atoms with van der Waals surface area (Å²) in [6.07, 6.45) is 4.88. The number of hydrogen-bond donors (Lipinski definition) is 2. The summed E-state index contributed by atoms with van der Waals surface area (Å²) >= 11 is 0. The molecule has 2 rings (SSSR count). The SMILES string of the molecule is CNC(=O)c1cccc(OCC2(O)CCCCC2)c1. The van der Waals surface area contributed by atoms with Gasteiger partial charge in [-0.25, -0.2) is 0 Å². The molecule has 4 heteroatoms. The number of amides is 1. The van der Waals surface area contributed by atoms with Crippen molar-refractivity contribution < 1.29 is 14.6 Å². The van der Waals surface area contributed by atoms with Gasteiger partial charge >= 0.3 is 0 Å². The molecule has 0 spiro atoms. The van der Waals surface area contributed by atoms with Gasteiger partial charge < -0.3 is 15.2 Å². The van der Waals surface area contributed by atoms with Crippen molar-refractivity contribution in [3.63, 3.8) is 0 Å². The van der Waals surface area contributed by atoms with Gasteiger partial charge in [0.1, 0.15) is 12.4 Å². The van der Waals surface area contributed by atoms with E-state index in [4.69, 9.17) is 4.74 Å². The van der Waals surface area contributed by atoms with Crippen LogP contribution in [0.25, 0.3) is 0 Å². The molecular weight excluding hydrogens is 242 g/mol. The highest BCUT2D eigenvalue weighted by Gasteiger charge is 2.29. The molecule has 0 bridgehead atoms. The Labute approximate surface area is 113 Å². The summed E-state index contributed by atoms with van der Waals surface area (Å²) in [7, 11) is 1.60. The lowest BCUT2D eigenvalue weighted by Crippen LogP contribution is -2.37. The molecule has 1 aromatic carbocycles. The molecule has 19 heavy (non-hydrogen) atoms. The quantitative estimate of drug-likeness (QED) is 0.874. The standard InChI is InChI=1S/C15H21NO3/c1-16-14(17)12-6-5-7-13(10-12)19-11-15(18)8-3-2-4-9-15/h5-7,10,18H,2-4,8-9,11H2,1H3,(H,16,17). The largest absolute Gasteiger partial charge is 0.491 e. The van der Waals surface area contributed by atoms with Crippen LogP contribution in [0.3, 0.4) is 0 Å². The first-order valence-electron chi connectivity index (χ1n) is 6.80. The van der Waals surface area contributed by atoms with Crippen molar-refractivity contribution in [2.45, 2.75) is 37.7 Å². The number of benzene rings is 1. The Hall–Kier alpha value is -1.55. The minimum absolute atomic E-state index is 0.137. The Morgan fingerprint density at radius 1 is 1.37 bits per heavy atom. The zero-order valence-corrected chi connectivity index (χ0v) is 11.3. The van der Waals surface area contributed by atoms with E-state index in [0.29, 0.717) is 17.9 Å². The molecule has 2 N–H and O–H groups in total. The fourth-order valence-electron chi connectivity index (χ4n) is 2.44. The second kappa shape index (κ2) is 6.06. The van der Waals surface area contributed by atoms with Crippen LogP contribution in [0.1, 0.15) is 42.5 Å². The van der Waals surface area contributed by atoms with Gasteiger partial charge in [-0.3, -0.25) is 4.79 Å². The van der Waals surface area contributed by atoms with Crippen LogP contribution >= 0.6 is 0 Å². The molecule has 0 aliphatic heterocycles. The first kappa shape index (κ1) is 13.9. The van der Waals surface area contributed by atoms with E-state index in [1.807, 2.05) is 0 Å². The number of carbonyl (C=O) groups is 1. The van der Waals surface area contributed by atoms with Crippen molar-refractivity contribution in [1.82, 2.24) is 5.32 Å². The lowest BCUT2D eigenvalue weighted by molar-refractivity contribution is -0.0339. The van der Waals surface area contributed by atoms with Gasteiger partial charge in [0.05, 0.1) is 5.60 Å². The first-order valence-corrected chi connectivity index (χ1v) is 6.80. The maximum absolute atomic E-state index is 11.5. The first-order chi connectivity index (χ1) is 9.13. The molecule has 1 aliphatic carbocycles. The average molecular weight is 263 g/mol. The summed E-state index contributed by atoms with van der Waals surface area (Å²) in [4.78, 5) is 11.5. The third kappa shape index (κ3) is 3.70. The van der Waals surface area contributed by atoms with Crippen molar-refractivity contribution in [3.8, 4) is 5.75 Å². The van der Waals surface area contributed by atoms with E-state index in [-0.39, 0.29) is 5.91 Å². The summed E-state index contributed by atoms with van der Waals surface area (Å²) in [5.74, 6) is 0.488. The zero-order valence-electron chi connectivity index (χ0n) is 11.3. The highest BCUT2D eigenvalue weighted by atomic mass is 16.5. The number of aliphatic hydroxyl groups is 1. The Bertz CT molecular complexity index is 439. The second-order valence-corrected chi connectivity index (χ2v) is 5.18. The van der Waals surface area contributed by atoms with Gasteiger partial charge in [-0.15, -0.1) is 0 Å². The van der Waals surface area contributed by atoms with E-state index in [1.54, 1.807) is 31.3 Å². The maximum Gasteiger partial charge on any atom is 0.251 e. The van der Waals surface area contributed by atoms with Crippen LogP contribution in [0.2, 0.25) is 0 Å². The molecular formula is C15H21NO3. The normalized spacial score (nSPS) is 17.8. The van der Waals surface area contributed by atoms with Gasteiger partial charge in [0.25, 0.3) is 5.91 Å². The number of ether oxygens (including phenoxy) is 1. The van der Waals surface area contributed by atoms with Crippen LogP contribution in [0.15, 0.2) is 24.3 Å². The highest BCUT2D eigenvalue weighted by molar-refractivity contribution is 5.94. The molecule has 0 aromatic heterocycles. The summed E-state index contributed by atoms with van der Waals surface area (Å²) in [5.41, 5.74) is -0.142. The monoisotopic (exact) mass is 263 g/mol. The lowest BCUT2D eigenvalue weighted by Gasteiger charge is -2.31. The van der Waals surface area contributed by atoms with E-state index in [0.717, 1.165) is 25.7 Å². The van der Waals surface area contributed by atoms with E-state index >= 15 is 0 Å². The van der Waals surface area contributed by atoms with Crippen molar-refractivity contribution in [3.05, 3.63) is 29.8 Å². The molecule has 1 amide bonds. The number of carbonyl (C=O) groups excluding carboxylic acids is 1. The topological polar surface area (TPSA) is 58.6 Å². The second-order valence-electron chi connectivity index (χ2n) is 5.18. The third-order valence-electron chi connectivity index (χ3n) is 3.62. The zero-order chi connectivity index (χ0) is 13.7. The van der Waals surface area contributed by atoms with Crippen molar-refractivity contribution in [1.29, 1.82) is 0 Å². The predicted molar refractivity (Wildman–Crippen MR) is 73.4 cm³/mol. The Morgan fingerprint density at radius 2 is 2.11 bits per heavy atom. The van der Waals surface area contributed by atoms with Crippen LogP contribution in [0.5, 0.6) is 5.75 Å².